The molecule has 0 aliphatic rings. The van der Waals surface area contributed by atoms with Crippen LogP contribution in [-0.2, 0) is 19.1 Å². The minimum Gasteiger partial charge on any atom is -0.460 e. The summed E-state index contributed by atoms with van der Waals surface area (Å²) in [6.07, 6.45) is 1.12. The normalized spacial score (nSPS) is 15.4. The number of carbonyl (C=O) groups is 2. The van der Waals surface area contributed by atoms with Gasteiger partial charge in [0.2, 0.25) is 0 Å². The fraction of sp³-hybridized carbons (Fsp3) is 0.875. The summed E-state index contributed by atoms with van der Waals surface area (Å²) < 4.78 is 10.8. The zero-order valence-corrected chi connectivity index (χ0v) is 14.2. The van der Waals surface area contributed by atoms with Gasteiger partial charge in [-0.25, -0.2) is 0 Å². The topological polar surface area (TPSA) is 52.6 Å². The Morgan fingerprint density at radius 1 is 0.750 bits per heavy atom. The highest BCUT2D eigenvalue weighted by molar-refractivity contribution is 5.82. The molecule has 2 atom stereocenters. The second kappa shape index (κ2) is 7.09. The first-order valence-electron chi connectivity index (χ1n) is 7.37. The van der Waals surface area contributed by atoms with Crippen molar-refractivity contribution in [2.45, 2.75) is 79.4 Å². The Balaban J connectivity index is 4.99. The van der Waals surface area contributed by atoms with Crippen LogP contribution in [0, 0.1) is 11.8 Å². The number of carbonyl (C=O) groups excluding carboxylic acids is 2. The molecule has 0 aromatic carbocycles. The van der Waals surface area contributed by atoms with Crippen molar-refractivity contribution in [1.29, 1.82) is 0 Å². The van der Waals surface area contributed by atoms with Gasteiger partial charge in [-0.05, 0) is 54.4 Å². The standard InChI is InChI=1S/C16H30O4/c1-9-11(13(17)19-15(3,4)5)12(10-2)14(18)20-16(6,7)8/h11-12H,9-10H2,1-8H3. The van der Waals surface area contributed by atoms with Crippen LogP contribution < -0.4 is 0 Å². The molecule has 0 heterocycles. The van der Waals surface area contributed by atoms with Crippen LogP contribution >= 0.6 is 0 Å². The first-order valence-corrected chi connectivity index (χ1v) is 7.37. The SMILES string of the molecule is CCC(C(=O)OC(C)(C)C)C(CC)C(=O)OC(C)(C)C. The van der Waals surface area contributed by atoms with Crippen molar-refractivity contribution in [2.75, 3.05) is 0 Å². The molecule has 4 heteroatoms. The molecule has 0 aliphatic carbocycles. The Morgan fingerprint density at radius 3 is 1.15 bits per heavy atom. The number of ether oxygens (including phenoxy) is 2. The smallest absolute Gasteiger partial charge is 0.310 e. The van der Waals surface area contributed by atoms with Crippen LogP contribution in [0.1, 0.15) is 68.2 Å². The van der Waals surface area contributed by atoms with E-state index in [9.17, 15) is 9.59 Å². The van der Waals surface area contributed by atoms with Crippen LogP contribution in [0.25, 0.3) is 0 Å². The predicted octanol–water partition coefficient (Wildman–Crippen LogP) is 3.72. The van der Waals surface area contributed by atoms with Crippen molar-refractivity contribution >= 4 is 11.9 Å². The molecule has 0 amide bonds. The first kappa shape index (κ1) is 18.9. The fourth-order valence-electron chi connectivity index (χ4n) is 1.99. The van der Waals surface area contributed by atoms with Gasteiger partial charge in [-0.1, -0.05) is 13.8 Å². The summed E-state index contributed by atoms with van der Waals surface area (Å²) in [6.45, 7) is 14.7. The lowest BCUT2D eigenvalue weighted by molar-refractivity contribution is -0.173. The number of rotatable bonds is 5. The Labute approximate surface area is 123 Å². The van der Waals surface area contributed by atoms with E-state index in [-0.39, 0.29) is 11.9 Å². The van der Waals surface area contributed by atoms with E-state index in [1.165, 1.54) is 0 Å². The van der Waals surface area contributed by atoms with Crippen LogP contribution in [0.15, 0.2) is 0 Å². The van der Waals surface area contributed by atoms with Gasteiger partial charge in [0, 0.05) is 0 Å². The van der Waals surface area contributed by atoms with Crippen LogP contribution in [0.4, 0.5) is 0 Å². The monoisotopic (exact) mass is 286 g/mol. The van der Waals surface area contributed by atoms with Gasteiger partial charge in [-0.2, -0.15) is 0 Å². The molecule has 118 valence electrons. The summed E-state index contributed by atoms with van der Waals surface area (Å²) in [5.41, 5.74) is -1.09. The number of hydrogen-bond acceptors (Lipinski definition) is 4. The van der Waals surface area contributed by atoms with Gasteiger partial charge in [-0.3, -0.25) is 9.59 Å². The molecule has 0 N–H and O–H groups in total. The zero-order chi connectivity index (χ0) is 16.1. The highest BCUT2D eigenvalue weighted by atomic mass is 16.6. The van der Waals surface area contributed by atoms with Crippen molar-refractivity contribution in [3.05, 3.63) is 0 Å². The van der Waals surface area contributed by atoms with Gasteiger partial charge >= 0.3 is 11.9 Å². The highest BCUT2D eigenvalue weighted by Crippen LogP contribution is 2.26. The lowest BCUT2D eigenvalue weighted by Gasteiger charge is -2.29. The molecule has 4 nitrogen and oxygen atoms in total. The van der Waals surface area contributed by atoms with Gasteiger partial charge in [-0.15, -0.1) is 0 Å². The summed E-state index contributed by atoms with van der Waals surface area (Å²) in [5, 5.41) is 0. The highest BCUT2D eigenvalue weighted by Gasteiger charge is 2.36. The van der Waals surface area contributed by atoms with Crippen LogP contribution in [0.2, 0.25) is 0 Å². The minimum absolute atomic E-state index is 0.322. The molecular formula is C16H30O4. The molecule has 0 fully saturated rings. The summed E-state index contributed by atoms with van der Waals surface area (Å²) >= 11 is 0. The van der Waals surface area contributed by atoms with Crippen molar-refractivity contribution in [3.63, 3.8) is 0 Å². The van der Waals surface area contributed by atoms with Crippen molar-refractivity contribution in [1.82, 2.24) is 0 Å². The molecule has 0 spiro atoms. The average Bonchev–Trinajstić information content (AvgIpc) is 2.19. The molecule has 0 rings (SSSR count). The average molecular weight is 286 g/mol. The summed E-state index contributed by atoms with van der Waals surface area (Å²) in [5.74, 6) is -1.54. The molecule has 0 saturated heterocycles. The van der Waals surface area contributed by atoms with E-state index < -0.39 is 23.0 Å². The molecule has 0 aromatic rings. The third kappa shape index (κ3) is 6.92. The molecule has 0 bridgehead atoms. The van der Waals surface area contributed by atoms with E-state index in [4.69, 9.17) is 9.47 Å². The maximum atomic E-state index is 12.2. The molecule has 20 heavy (non-hydrogen) atoms. The largest absolute Gasteiger partial charge is 0.460 e. The van der Waals surface area contributed by atoms with E-state index in [0.29, 0.717) is 12.8 Å². The Morgan fingerprint density at radius 2 is 1.00 bits per heavy atom. The van der Waals surface area contributed by atoms with Gasteiger partial charge in [0.1, 0.15) is 11.2 Å². The minimum atomic E-state index is -0.545. The van der Waals surface area contributed by atoms with Crippen molar-refractivity contribution in [2.24, 2.45) is 11.8 Å². The third-order valence-corrected chi connectivity index (χ3v) is 2.78. The maximum Gasteiger partial charge on any atom is 0.310 e. The molecule has 0 aliphatic heterocycles. The van der Waals surface area contributed by atoms with Gasteiger partial charge in [0.15, 0.2) is 0 Å². The summed E-state index contributed by atoms with van der Waals surface area (Å²) in [4.78, 5) is 24.5. The molecule has 0 aromatic heterocycles. The maximum absolute atomic E-state index is 12.2. The van der Waals surface area contributed by atoms with Crippen molar-refractivity contribution in [3.8, 4) is 0 Å². The Bertz CT molecular complexity index is 299. The van der Waals surface area contributed by atoms with E-state index >= 15 is 0 Å². The van der Waals surface area contributed by atoms with Gasteiger partial charge in [0.25, 0.3) is 0 Å². The lowest BCUT2D eigenvalue weighted by atomic mass is 9.87. The summed E-state index contributed by atoms with van der Waals surface area (Å²) in [6, 6.07) is 0. The Kier molecular flexibility index (Phi) is 6.72. The summed E-state index contributed by atoms with van der Waals surface area (Å²) in [7, 11) is 0. The van der Waals surface area contributed by atoms with Crippen LogP contribution in [0.5, 0.6) is 0 Å². The van der Waals surface area contributed by atoms with Crippen molar-refractivity contribution < 1.29 is 19.1 Å². The number of esters is 2. The molecular weight excluding hydrogens is 256 g/mol. The number of hydrogen-bond donors (Lipinski definition) is 0. The predicted molar refractivity (Wildman–Crippen MR) is 79.3 cm³/mol. The lowest BCUT2D eigenvalue weighted by Crippen LogP contribution is -2.38. The Hall–Kier alpha value is -1.06. The molecule has 2 unspecified atom stereocenters. The molecule has 0 radical (unpaired) electrons. The molecule has 0 saturated carbocycles. The van der Waals surface area contributed by atoms with Crippen LogP contribution in [0.3, 0.4) is 0 Å². The second-order valence-corrected chi connectivity index (χ2v) is 7.10. The van der Waals surface area contributed by atoms with E-state index in [1.807, 2.05) is 55.4 Å². The van der Waals surface area contributed by atoms with E-state index in [0.717, 1.165) is 0 Å². The first-order chi connectivity index (χ1) is 8.91. The van der Waals surface area contributed by atoms with E-state index in [2.05, 4.69) is 0 Å². The van der Waals surface area contributed by atoms with E-state index in [1.54, 1.807) is 0 Å². The van der Waals surface area contributed by atoms with Crippen LogP contribution in [-0.4, -0.2) is 23.1 Å². The van der Waals surface area contributed by atoms with Gasteiger partial charge in [0.05, 0.1) is 11.8 Å². The van der Waals surface area contributed by atoms with Gasteiger partial charge < -0.3 is 9.47 Å². The zero-order valence-electron chi connectivity index (χ0n) is 14.2. The quantitative estimate of drug-likeness (QED) is 0.723. The second-order valence-electron chi connectivity index (χ2n) is 7.10. The fourth-order valence-corrected chi connectivity index (χ4v) is 1.99. The third-order valence-electron chi connectivity index (χ3n) is 2.78.